The van der Waals surface area contributed by atoms with Gasteiger partial charge in [-0.2, -0.15) is 0 Å². The number of aromatic nitrogens is 1. The number of rotatable bonds is 5. The van der Waals surface area contributed by atoms with Crippen LogP contribution < -0.4 is 4.74 Å². The lowest BCUT2D eigenvalue weighted by Gasteiger charge is -2.45. The van der Waals surface area contributed by atoms with Gasteiger partial charge in [0.15, 0.2) is 0 Å². The van der Waals surface area contributed by atoms with Crippen LogP contribution in [-0.4, -0.2) is 77.4 Å². The Kier molecular flexibility index (Phi) is 8.94. The maximum absolute atomic E-state index is 13.0. The Labute approximate surface area is 227 Å². The van der Waals surface area contributed by atoms with Gasteiger partial charge in [-0.25, -0.2) is 0 Å². The molecule has 5 rings (SSSR count). The minimum absolute atomic E-state index is 0.199. The SMILES string of the molecule is O=C1CCCN1CCC(=O)N1CCC2(CCCCc3ccccc3OCCN(Cc3ccncc3)C2)CC1. The smallest absolute Gasteiger partial charge is 0.224 e. The molecule has 0 unspecified atom stereocenters. The maximum atomic E-state index is 13.0. The van der Waals surface area contributed by atoms with E-state index in [2.05, 4.69) is 51.2 Å². The highest BCUT2D eigenvalue weighted by atomic mass is 16.5. The first-order chi connectivity index (χ1) is 18.6. The quantitative estimate of drug-likeness (QED) is 0.590. The van der Waals surface area contributed by atoms with Crippen molar-refractivity contribution in [2.75, 3.05) is 45.9 Å². The number of aryl methyl sites for hydroxylation is 1. The molecule has 2 aromatic rings. The van der Waals surface area contributed by atoms with E-state index in [9.17, 15) is 9.59 Å². The minimum atomic E-state index is 0.199. The lowest BCUT2D eigenvalue weighted by molar-refractivity contribution is -0.135. The molecule has 0 bridgehead atoms. The second-order valence-electron chi connectivity index (χ2n) is 11.3. The average molecular weight is 519 g/mol. The largest absolute Gasteiger partial charge is 0.492 e. The highest BCUT2D eigenvalue weighted by Crippen LogP contribution is 2.39. The van der Waals surface area contributed by atoms with Crippen LogP contribution in [0.3, 0.4) is 0 Å². The third kappa shape index (κ3) is 6.93. The molecule has 2 saturated heterocycles. The highest BCUT2D eigenvalue weighted by Gasteiger charge is 2.37. The molecule has 1 aromatic heterocycles. The summed E-state index contributed by atoms with van der Waals surface area (Å²) in [5.74, 6) is 1.42. The average Bonchev–Trinajstić information content (AvgIpc) is 3.35. The van der Waals surface area contributed by atoms with E-state index in [-0.39, 0.29) is 17.2 Å². The van der Waals surface area contributed by atoms with Gasteiger partial charge in [-0.15, -0.1) is 0 Å². The van der Waals surface area contributed by atoms with Gasteiger partial charge in [0.1, 0.15) is 12.4 Å². The highest BCUT2D eigenvalue weighted by molar-refractivity contribution is 5.80. The standard InChI is InChI=1S/C31H42N4O3/c36-29-9-5-18-34(29)19-12-30(37)35-20-14-31(15-21-35)13-4-3-7-27-6-1-2-8-28(27)38-23-22-33(25-31)24-26-10-16-32-17-11-26/h1-2,6,8,10-11,16-17H,3-5,7,9,12-15,18-25H2. The molecule has 204 valence electrons. The number of nitrogens with zero attached hydrogens (tertiary/aromatic N) is 4. The number of hydrogen-bond donors (Lipinski definition) is 0. The topological polar surface area (TPSA) is 66.0 Å². The first-order valence-corrected chi connectivity index (χ1v) is 14.5. The van der Waals surface area contributed by atoms with Crippen LogP contribution in [0, 0.1) is 5.41 Å². The number of hydrogen-bond acceptors (Lipinski definition) is 5. The second-order valence-corrected chi connectivity index (χ2v) is 11.3. The number of carbonyl (C=O) groups is 2. The van der Waals surface area contributed by atoms with Crippen molar-refractivity contribution < 1.29 is 14.3 Å². The van der Waals surface area contributed by atoms with E-state index in [4.69, 9.17) is 4.74 Å². The number of piperidine rings is 1. The van der Waals surface area contributed by atoms with Crippen molar-refractivity contribution in [1.29, 1.82) is 0 Å². The van der Waals surface area contributed by atoms with E-state index in [0.29, 0.717) is 26.0 Å². The molecule has 3 aliphatic heterocycles. The molecule has 1 aromatic carbocycles. The van der Waals surface area contributed by atoms with E-state index >= 15 is 0 Å². The van der Waals surface area contributed by atoms with Gasteiger partial charge in [-0.1, -0.05) is 24.6 Å². The number of para-hydroxylation sites is 1. The Morgan fingerprint density at radius 3 is 2.53 bits per heavy atom. The van der Waals surface area contributed by atoms with Crippen molar-refractivity contribution in [2.24, 2.45) is 5.41 Å². The molecular weight excluding hydrogens is 476 g/mol. The zero-order chi connectivity index (χ0) is 26.2. The van der Waals surface area contributed by atoms with Crippen molar-refractivity contribution >= 4 is 11.8 Å². The van der Waals surface area contributed by atoms with Gasteiger partial charge in [-0.3, -0.25) is 19.5 Å². The summed E-state index contributed by atoms with van der Waals surface area (Å²) in [6, 6.07) is 12.7. The summed E-state index contributed by atoms with van der Waals surface area (Å²) in [5, 5.41) is 0. The molecule has 2 fully saturated rings. The summed E-state index contributed by atoms with van der Waals surface area (Å²) in [4.78, 5) is 35.6. The zero-order valence-corrected chi connectivity index (χ0v) is 22.7. The predicted molar refractivity (Wildman–Crippen MR) is 148 cm³/mol. The number of likely N-dealkylation sites (tertiary alicyclic amines) is 2. The van der Waals surface area contributed by atoms with Gasteiger partial charge in [0.2, 0.25) is 11.8 Å². The first-order valence-electron chi connectivity index (χ1n) is 14.5. The lowest BCUT2D eigenvalue weighted by Crippen LogP contribution is -2.49. The van der Waals surface area contributed by atoms with Gasteiger partial charge in [0, 0.05) is 71.0 Å². The normalized spacial score (nSPS) is 20.9. The van der Waals surface area contributed by atoms with Crippen molar-refractivity contribution in [1.82, 2.24) is 19.7 Å². The number of benzene rings is 1. The van der Waals surface area contributed by atoms with Crippen LogP contribution in [0.25, 0.3) is 0 Å². The van der Waals surface area contributed by atoms with Gasteiger partial charge in [-0.05, 0) is 73.3 Å². The molecule has 7 heteroatoms. The Hall–Kier alpha value is -2.93. The van der Waals surface area contributed by atoms with Crippen molar-refractivity contribution in [2.45, 2.75) is 64.3 Å². The molecule has 38 heavy (non-hydrogen) atoms. The molecule has 0 saturated carbocycles. The molecule has 3 aliphatic rings. The van der Waals surface area contributed by atoms with Crippen LogP contribution in [0.15, 0.2) is 48.8 Å². The van der Waals surface area contributed by atoms with Gasteiger partial charge in [0.25, 0.3) is 0 Å². The number of pyridine rings is 1. The number of fused-ring (bicyclic) bond motifs is 1. The van der Waals surface area contributed by atoms with Gasteiger partial charge >= 0.3 is 0 Å². The maximum Gasteiger partial charge on any atom is 0.224 e. The summed E-state index contributed by atoms with van der Waals surface area (Å²) in [6.45, 7) is 6.43. The number of ether oxygens (including phenoxy) is 1. The third-order valence-electron chi connectivity index (χ3n) is 8.70. The predicted octanol–water partition coefficient (Wildman–Crippen LogP) is 4.31. The van der Waals surface area contributed by atoms with E-state index in [0.717, 1.165) is 77.1 Å². The monoisotopic (exact) mass is 518 g/mol. The van der Waals surface area contributed by atoms with Crippen LogP contribution in [0.4, 0.5) is 0 Å². The van der Waals surface area contributed by atoms with Crippen LogP contribution in [-0.2, 0) is 22.6 Å². The van der Waals surface area contributed by atoms with Gasteiger partial charge < -0.3 is 14.5 Å². The van der Waals surface area contributed by atoms with E-state index in [1.165, 1.54) is 24.0 Å². The molecule has 0 N–H and O–H groups in total. The van der Waals surface area contributed by atoms with Crippen LogP contribution in [0.5, 0.6) is 5.75 Å². The Bertz CT molecular complexity index is 1070. The summed E-state index contributed by atoms with van der Waals surface area (Å²) in [5.41, 5.74) is 2.78. The lowest BCUT2D eigenvalue weighted by atomic mass is 9.73. The molecule has 0 atom stereocenters. The van der Waals surface area contributed by atoms with Gasteiger partial charge in [0.05, 0.1) is 0 Å². The van der Waals surface area contributed by atoms with Crippen molar-refractivity contribution in [3.63, 3.8) is 0 Å². The van der Waals surface area contributed by atoms with Crippen molar-refractivity contribution in [3.8, 4) is 5.75 Å². The summed E-state index contributed by atoms with van der Waals surface area (Å²) < 4.78 is 6.29. The number of carbonyl (C=O) groups excluding carboxylic acids is 2. The molecule has 2 amide bonds. The first kappa shape index (κ1) is 26.7. The van der Waals surface area contributed by atoms with E-state index in [1.807, 2.05) is 17.3 Å². The fraction of sp³-hybridized carbons (Fsp3) is 0.581. The van der Waals surface area contributed by atoms with E-state index in [1.54, 1.807) is 0 Å². The fourth-order valence-corrected chi connectivity index (χ4v) is 6.43. The Morgan fingerprint density at radius 2 is 1.74 bits per heavy atom. The Morgan fingerprint density at radius 1 is 0.921 bits per heavy atom. The molecule has 0 radical (unpaired) electrons. The third-order valence-corrected chi connectivity index (χ3v) is 8.70. The van der Waals surface area contributed by atoms with E-state index < -0.39 is 0 Å². The minimum Gasteiger partial charge on any atom is -0.492 e. The van der Waals surface area contributed by atoms with Crippen LogP contribution >= 0.6 is 0 Å². The second kappa shape index (κ2) is 12.7. The van der Waals surface area contributed by atoms with Crippen LogP contribution in [0.1, 0.15) is 62.5 Å². The number of amides is 2. The zero-order valence-electron chi connectivity index (χ0n) is 22.7. The molecule has 1 spiro atoms. The molecule has 0 aliphatic carbocycles. The summed E-state index contributed by atoms with van der Waals surface area (Å²) in [6.07, 6.45) is 12.4. The molecular formula is C31H42N4O3. The van der Waals surface area contributed by atoms with Crippen molar-refractivity contribution in [3.05, 3.63) is 59.9 Å². The molecule has 4 heterocycles. The summed E-state index contributed by atoms with van der Waals surface area (Å²) in [7, 11) is 0. The summed E-state index contributed by atoms with van der Waals surface area (Å²) >= 11 is 0. The molecule has 7 nitrogen and oxygen atoms in total. The Balaban J connectivity index is 1.25. The van der Waals surface area contributed by atoms with Crippen LogP contribution in [0.2, 0.25) is 0 Å². The fourth-order valence-electron chi connectivity index (χ4n) is 6.43.